The second-order valence-electron chi connectivity index (χ2n) is 6.92. The molecule has 1 saturated heterocycles. The Morgan fingerprint density at radius 2 is 1.83 bits per heavy atom. The molecule has 0 unspecified atom stereocenters. The molecule has 3 amide bonds. The third-order valence-corrected chi connectivity index (χ3v) is 5.02. The Morgan fingerprint density at radius 3 is 2.48 bits per heavy atom. The van der Waals surface area contributed by atoms with Crippen molar-refractivity contribution < 1.29 is 19.1 Å². The van der Waals surface area contributed by atoms with Crippen LogP contribution < -0.4 is 4.74 Å². The summed E-state index contributed by atoms with van der Waals surface area (Å²) in [4.78, 5) is 43.9. The zero-order valence-electron chi connectivity index (χ0n) is 15.6. The van der Waals surface area contributed by atoms with Crippen LogP contribution in [0.15, 0.2) is 42.6 Å². The van der Waals surface area contributed by atoms with Crippen LogP contribution in [-0.4, -0.2) is 58.2 Å². The van der Waals surface area contributed by atoms with E-state index in [0.29, 0.717) is 36.2 Å². The van der Waals surface area contributed by atoms with Gasteiger partial charge in [-0.2, -0.15) is 5.26 Å². The normalized spacial score (nSPS) is 15.7. The number of carbonyl (C=O) groups excluding carboxylic acids is 3. The van der Waals surface area contributed by atoms with Crippen molar-refractivity contribution in [3.05, 3.63) is 59.3 Å². The van der Waals surface area contributed by atoms with E-state index in [2.05, 4.69) is 4.98 Å². The topological polar surface area (TPSA) is 104 Å². The maximum Gasteiger partial charge on any atom is 0.261 e. The number of carbonyl (C=O) groups is 3. The number of aromatic nitrogens is 1. The van der Waals surface area contributed by atoms with Crippen LogP contribution in [0.5, 0.6) is 5.88 Å². The van der Waals surface area contributed by atoms with Crippen LogP contribution in [0.4, 0.5) is 0 Å². The minimum absolute atomic E-state index is 0.0528. The average Bonchev–Trinajstić information content (AvgIpc) is 2.95. The predicted molar refractivity (Wildman–Crippen MR) is 101 cm³/mol. The number of rotatable bonds is 6. The lowest BCUT2D eigenvalue weighted by atomic mass is 10.1. The molecule has 0 spiro atoms. The molecule has 0 radical (unpaired) electrons. The van der Waals surface area contributed by atoms with Gasteiger partial charge < -0.3 is 9.64 Å². The Morgan fingerprint density at radius 1 is 1.14 bits per heavy atom. The Hall–Kier alpha value is -3.73. The zero-order valence-corrected chi connectivity index (χ0v) is 15.6. The van der Waals surface area contributed by atoms with Gasteiger partial charge in [0.2, 0.25) is 11.8 Å². The third kappa shape index (κ3) is 3.55. The van der Waals surface area contributed by atoms with Crippen LogP contribution >= 0.6 is 0 Å². The van der Waals surface area contributed by atoms with Gasteiger partial charge in [0.15, 0.2) is 0 Å². The van der Waals surface area contributed by atoms with Crippen LogP contribution in [0.2, 0.25) is 0 Å². The molecule has 1 aromatic carbocycles. The van der Waals surface area contributed by atoms with E-state index in [1.807, 2.05) is 6.07 Å². The van der Waals surface area contributed by atoms with Crippen molar-refractivity contribution in [3.8, 4) is 11.9 Å². The fourth-order valence-electron chi connectivity index (χ4n) is 3.43. The Kier molecular flexibility index (Phi) is 4.96. The maximum atomic E-state index is 12.3. The molecule has 0 atom stereocenters. The van der Waals surface area contributed by atoms with Gasteiger partial charge >= 0.3 is 0 Å². The molecular weight excluding hydrogens is 372 g/mol. The van der Waals surface area contributed by atoms with Gasteiger partial charge in [0.25, 0.3) is 11.8 Å². The first-order valence-corrected chi connectivity index (χ1v) is 9.33. The summed E-state index contributed by atoms with van der Waals surface area (Å²) >= 11 is 0. The molecule has 29 heavy (non-hydrogen) atoms. The molecule has 2 aromatic rings. The zero-order chi connectivity index (χ0) is 20.4. The number of fused-ring (bicyclic) bond motifs is 1. The Labute approximate surface area is 167 Å². The van der Waals surface area contributed by atoms with Gasteiger partial charge in [0, 0.05) is 19.2 Å². The van der Waals surface area contributed by atoms with Crippen molar-refractivity contribution in [2.75, 3.05) is 19.6 Å². The molecule has 2 aliphatic heterocycles. The number of amides is 3. The number of imide groups is 1. The first-order valence-electron chi connectivity index (χ1n) is 9.33. The van der Waals surface area contributed by atoms with Gasteiger partial charge in [-0.3, -0.25) is 19.3 Å². The molecule has 8 heteroatoms. The number of nitriles is 1. The standard InChI is InChI=1S/C21H18N4O4/c22-11-14-5-3-9-23-19(14)29-15-12-24(13-15)18(26)8-4-10-25-20(27)16-6-1-2-7-17(16)21(25)28/h1-3,5-7,9,15H,4,8,10,12-13H2. The fourth-order valence-corrected chi connectivity index (χ4v) is 3.43. The van der Waals surface area contributed by atoms with Crippen LogP contribution in [0.1, 0.15) is 39.1 Å². The fraction of sp³-hybridized carbons (Fsp3) is 0.286. The highest BCUT2D eigenvalue weighted by Gasteiger charge is 2.36. The number of benzene rings is 1. The van der Waals surface area contributed by atoms with Gasteiger partial charge in [0.05, 0.1) is 24.2 Å². The molecule has 1 aromatic heterocycles. The molecule has 8 nitrogen and oxygen atoms in total. The summed E-state index contributed by atoms with van der Waals surface area (Å²) in [5.74, 6) is -0.390. The predicted octanol–water partition coefficient (Wildman–Crippen LogP) is 1.62. The molecule has 0 bridgehead atoms. The molecule has 3 heterocycles. The average molecular weight is 390 g/mol. The summed E-state index contributed by atoms with van der Waals surface area (Å²) in [6.07, 6.45) is 2.01. The van der Waals surface area contributed by atoms with Crippen LogP contribution in [-0.2, 0) is 4.79 Å². The summed E-state index contributed by atoms with van der Waals surface area (Å²) in [5, 5.41) is 9.06. The minimum Gasteiger partial charge on any atom is -0.470 e. The number of pyridine rings is 1. The second-order valence-corrected chi connectivity index (χ2v) is 6.92. The summed E-state index contributed by atoms with van der Waals surface area (Å²) in [7, 11) is 0. The number of hydrogen-bond donors (Lipinski definition) is 0. The molecule has 0 aliphatic carbocycles. The van der Waals surface area contributed by atoms with E-state index in [1.54, 1.807) is 47.5 Å². The highest BCUT2D eigenvalue weighted by Crippen LogP contribution is 2.23. The van der Waals surface area contributed by atoms with Gasteiger partial charge in [-0.15, -0.1) is 0 Å². The van der Waals surface area contributed by atoms with E-state index in [-0.39, 0.29) is 42.7 Å². The van der Waals surface area contributed by atoms with Crippen molar-refractivity contribution >= 4 is 17.7 Å². The van der Waals surface area contributed by atoms with E-state index in [1.165, 1.54) is 4.90 Å². The van der Waals surface area contributed by atoms with Gasteiger partial charge in [0.1, 0.15) is 17.7 Å². The summed E-state index contributed by atoms with van der Waals surface area (Å²) < 4.78 is 5.68. The minimum atomic E-state index is -0.306. The molecular formula is C21H18N4O4. The molecule has 0 saturated carbocycles. The Bertz CT molecular complexity index is 988. The number of ether oxygens (including phenoxy) is 1. The highest BCUT2D eigenvalue weighted by molar-refractivity contribution is 6.21. The van der Waals surface area contributed by atoms with Crippen molar-refractivity contribution in [1.82, 2.24) is 14.8 Å². The quantitative estimate of drug-likeness (QED) is 0.695. The van der Waals surface area contributed by atoms with Crippen LogP contribution in [0, 0.1) is 11.3 Å². The van der Waals surface area contributed by atoms with Crippen molar-refractivity contribution in [3.63, 3.8) is 0 Å². The van der Waals surface area contributed by atoms with Crippen molar-refractivity contribution in [2.45, 2.75) is 18.9 Å². The summed E-state index contributed by atoms with van der Waals surface area (Å²) in [6.45, 7) is 1.06. The van der Waals surface area contributed by atoms with Crippen molar-refractivity contribution in [1.29, 1.82) is 5.26 Å². The van der Waals surface area contributed by atoms with E-state index in [9.17, 15) is 14.4 Å². The van der Waals surface area contributed by atoms with Crippen LogP contribution in [0.3, 0.4) is 0 Å². The summed E-state index contributed by atoms with van der Waals surface area (Å²) in [6, 6.07) is 12.0. The first kappa shape index (κ1) is 18.6. The number of nitrogens with zero attached hydrogens (tertiary/aromatic N) is 4. The first-order chi connectivity index (χ1) is 14.1. The van der Waals surface area contributed by atoms with Gasteiger partial charge in [-0.25, -0.2) is 4.98 Å². The lowest BCUT2D eigenvalue weighted by Crippen LogP contribution is -2.56. The highest BCUT2D eigenvalue weighted by atomic mass is 16.5. The van der Waals surface area contributed by atoms with E-state index < -0.39 is 0 Å². The molecule has 1 fully saturated rings. The maximum absolute atomic E-state index is 12.3. The molecule has 2 aliphatic rings. The van der Waals surface area contributed by atoms with E-state index >= 15 is 0 Å². The van der Waals surface area contributed by atoms with Gasteiger partial charge in [-0.1, -0.05) is 12.1 Å². The second kappa shape index (κ2) is 7.72. The van der Waals surface area contributed by atoms with E-state index in [4.69, 9.17) is 10.00 Å². The SMILES string of the molecule is N#Cc1cccnc1OC1CN(C(=O)CCCN2C(=O)c3ccccc3C2=O)C1. The number of hydrogen-bond acceptors (Lipinski definition) is 6. The van der Waals surface area contributed by atoms with Crippen molar-refractivity contribution in [2.24, 2.45) is 0 Å². The van der Waals surface area contributed by atoms with Gasteiger partial charge in [-0.05, 0) is 30.7 Å². The monoisotopic (exact) mass is 390 g/mol. The van der Waals surface area contributed by atoms with E-state index in [0.717, 1.165) is 0 Å². The Balaban J connectivity index is 1.23. The number of likely N-dealkylation sites (tertiary alicyclic amines) is 1. The summed E-state index contributed by atoms with van der Waals surface area (Å²) in [5.41, 5.74) is 1.19. The van der Waals surface area contributed by atoms with Crippen LogP contribution in [0.25, 0.3) is 0 Å². The lowest BCUT2D eigenvalue weighted by molar-refractivity contribution is -0.140. The third-order valence-electron chi connectivity index (χ3n) is 5.02. The molecule has 4 rings (SSSR count). The lowest BCUT2D eigenvalue weighted by Gasteiger charge is -2.38. The smallest absolute Gasteiger partial charge is 0.261 e. The molecule has 146 valence electrons. The molecule has 0 N–H and O–H groups in total. The largest absolute Gasteiger partial charge is 0.470 e.